The highest BCUT2D eigenvalue weighted by atomic mass is 32.2. The van der Waals surface area contributed by atoms with Gasteiger partial charge >= 0.3 is 0 Å². The molecule has 1 aromatic heterocycles. The van der Waals surface area contributed by atoms with Gasteiger partial charge < -0.3 is 5.73 Å². The van der Waals surface area contributed by atoms with Crippen LogP contribution in [-0.2, 0) is 0 Å². The van der Waals surface area contributed by atoms with Crippen molar-refractivity contribution in [2.45, 2.75) is 4.21 Å². The number of nitrogens with two attached hydrogens (primary N) is 1. The first-order chi connectivity index (χ1) is 13.0. The largest absolute Gasteiger partial charge is 0.396 e. The van der Waals surface area contributed by atoms with E-state index in [-0.39, 0.29) is 33.4 Å². The second kappa shape index (κ2) is 8.16. The molecule has 27 heavy (non-hydrogen) atoms. The van der Waals surface area contributed by atoms with E-state index in [1.165, 1.54) is 24.3 Å². The standard InChI is InChI=1S/C20H13FN2O2S2/c21-14-8-6-12(7-9-14)16(24)11-26-20-15(10-22)17(23)19(27-20)18(25)13-4-2-1-3-5-13/h1-9H,11,23H2. The second-order valence-electron chi connectivity index (χ2n) is 5.53. The van der Waals surface area contributed by atoms with E-state index in [0.717, 1.165) is 23.1 Å². The number of hydrogen-bond donors (Lipinski definition) is 1. The Morgan fingerprint density at radius 3 is 2.37 bits per heavy atom. The first-order valence-corrected chi connectivity index (χ1v) is 9.65. The lowest BCUT2D eigenvalue weighted by Crippen LogP contribution is -2.02. The van der Waals surface area contributed by atoms with Gasteiger partial charge in [0.25, 0.3) is 0 Å². The van der Waals surface area contributed by atoms with Gasteiger partial charge in [0.15, 0.2) is 5.78 Å². The van der Waals surface area contributed by atoms with E-state index in [9.17, 15) is 19.2 Å². The van der Waals surface area contributed by atoms with Crippen molar-refractivity contribution in [2.24, 2.45) is 0 Å². The molecule has 0 bridgehead atoms. The molecule has 0 aliphatic heterocycles. The Morgan fingerprint density at radius 2 is 1.74 bits per heavy atom. The van der Waals surface area contributed by atoms with Gasteiger partial charge in [0.05, 0.1) is 15.6 Å². The van der Waals surface area contributed by atoms with Crippen LogP contribution in [0.1, 0.15) is 31.2 Å². The van der Waals surface area contributed by atoms with E-state index >= 15 is 0 Å². The Bertz CT molecular complexity index is 1040. The second-order valence-corrected chi connectivity index (χ2v) is 7.80. The normalized spacial score (nSPS) is 10.4. The summed E-state index contributed by atoms with van der Waals surface area (Å²) in [6, 6.07) is 15.9. The van der Waals surface area contributed by atoms with Crippen molar-refractivity contribution in [2.75, 3.05) is 11.5 Å². The van der Waals surface area contributed by atoms with Crippen molar-refractivity contribution in [3.63, 3.8) is 0 Å². The third kappa shape index (κ3) is 4.08. The quantitative estimate of drug-likeness (QED) is 0.488. The summed E-state index contributed by atoms with van der Waals surface area (Å²) in [7, 11) is 0. The first kappa shape index (κ1) is 18.8. The van der Waals surface area contributed by atoms with Gasteiger partial charge in [-0.25, -0.2) is 4.39 Å². The number of carbonyl (C=O) groups is 2. The van der Waals surface area contributed by atoms with Gasteiger partial charge in [-0.15, -0.1) is 23.1 Å². The van der Waals surface area contributed by atoms with Crippen molar-refractivity contribution >= 4 is 40.4 Å². The number of Topliss-reactive ketones (excluding diaryl/α,β-unsaturated/α-hetero) is 1. The molecule has 0 atom stereocenters. The van der Waals surface area contributed by atoms with Crippen LogP contribution in [0.15, 0.2) is 58.8 Å². The Balaban J connectivity index is 1.82. The minimum Gasteiger partial charge on any atom is -0.396 e. The highest BCUT2D eigenvalue weighted by molar-refractivity contribution is 8.01. The van der Waals surface area contributed by atoms with Crippen LogP contribution in [0.4, 0.5) is 10.1 Å². The number of ketones is 2. The zero-order valence-electron chi connectivity index (χ0n) is 13.9. The summed E-state index contributed by atoms with van der Waals surface area (Å²) in [5.41, 5.74) is 7.21. The SMILES string of the molecule is N#Cc1c(SCC(=O)c2ccc(F)cc2)sc(C(=O)c2ccccc2)c1N. The molecule has 0 aliphatic rings. The molecule has 134 valence electrons. The maximum atomic E-state index is 13.0. The molecule has 2 aromatic carbocycles. The average molecular weight is 396 g/mol. The summed E-state index contributed by atoms with van der Waals surface area (Å²) in [5.74, 6) is -0.821. The number of carbonyl (C=O) groups excluding carboxylic acids is 2. The highest BCUT2D eigenvalue weighted by Gasteiger charge is 2.23. The summed E-state index contributed by atoms with van der Waals surface area (Å²) in [5, 5.41) is 9.40. The summed E-state index contributed by atoms with van der Waals surface area (Å²) >= 11 is 2.25. The summed E-state index contributed by atoms with van der Waals surface area (Å²) < 4.78 is 13.5. The number of halogens is 1. The average Bonchev–Trinajstić information content (AvgIpc) is 3.02. The lowest BCUT2D eigenvalue weighted by atomic mass is 10.1. The molecule has 2 N–H and O–H groups in total. The van der Waals surface area contributed by atoms with Gasteiger partial charge in [0.2, 0.25) is 5.78 Å². The van der Waals surface area contributed by atoms with E-state index in [4.69, 9.17) is 5.73 Å². The van der Waals surface area contributed by atoms with Crippen molar-refractivity contribution in [3.8, 4) is 6.07 Å². The van der Waals surface area contributed by atoms with Crippen LogP contribution in [0.5, 0.6) is 0 Å². The molecular weight excluding hydrogens is 383 g/mol. The molecule has 3 rings (SSSR count). The third-order valence-electron chi connectivity index (χ3n) is 3.77. The van der Waals surface area contributed by atoms with Crippen molar-refractivity contribution < 1.29 is 14.0 Å². The number of nitrogen functional groups attached to an aromatic ring is 1. The van der Waals surface area contributed by atoms with Crippen LogP contribution >= 0.6 is 23.1 Å². The fourth-order valence-corrected chi connectivity index (χ4v) is 4.63. The molecule has 7 heteroatoms. The summed E-state index contributed by atoms with van der Waals surface area (Å²) in [6.45, 7) is 0. The Labute approximate surface area is 163 Å². The number of rotatable bonds is 6. The third-order valence-corrected chi connectivity index (χ3v) is 6.24. The van der Waals surface area contributed by atoms with E-state index in [1.54, 1.807) is 30.3 Å². The number of thioether (sulfide) groups is 1. The van der Waals surface area contributed by atoms with Gasteiger partial charge in [-0.1, -0.05) is 30.3 Å². The van der Waals surface area contributed by atoms with E-state index in [2.05, 4.69) is 0 Å². The van der Waals surface area contributed by atoms with E-state index in [1.807, 2.05) is 6.07 Å². The Kier molecular flexibility index (Phi) is 5.69. The van der Waals surface area contributed by atoms with Crippen molar-refractivity contribution in [1.82, 2.24) is 0 Å². The topological polar surface area (TPSA) is 84.0 Å². The maximum absolute atomic E-state index is 13.0. The summed E-state index contributed by atoms with van der Waals surface area (Å²) in [4.78, 5) is 25.2. The molecule has 0 radical (unpaired) electrons. The molecule has 0 unspecified atom stereocenters. The smallest absolute Gasteiger partial charge is 0.205 e. The van der Waals surface area contributed by atoms with Crippen LogP contribution in [0, 0.1) is 17.1 Å². The number of hydrogen-bond acceptors (Lipinski definition) is 6. The molecule has 4 nitrogen and oxygen atoms in total. The maximum Gasteiger partial charge on any atom is 0.205 e. The van der Waals surface area contributed by atoms with Crippen LogP contribution in [0.2, 0.25) is 0 Å². The highest BCUT2D eigenvalue weighted by Crippen LogP contribution is 2.39. The van der Waals surface area contributed by atoms with E-state index < -0.39 is 5.82 Å². The van der Waals surface area contributed by atoms with E-state index in [0.29, 0.717) is 15.3 Å². The van der Waals surface area contributed by atoms with Crippen LogP contribution in [-0.4, -0.2) is 17.3 Å². The number of nitrogens with zero attached hydrogens (tertiary/aromatic N) is 1. The molecule has 0 saturated carbocycles. The minimum absolute atomic E-state index is 0.0548. The number of benzene rings is 2. The molecule has 0 spiro atoms. The molecule has 0 aliphatic carbocycles. The molecule has 0 saturated heterocycles. The Hall–Kier alpha value is -2.95. The Morgan fingerprint density at radius 1 is 1.07 bits per heavy atom. The molecule has 1 heterocycles. The van der Waals surface area contributed by atoms with Crippen LogP contribution in [0.25, 0.3) is 0 Å². The zero-order valence-corrected chi connectivity index (χ0v) is 15.6. The van der Waals surface area contributed by atoms with Gasteiger partial charge in [0.1, 0.15) is 22.3 Å². The predicted molar refractivity (Wildman–Crippen MR) is 105 cm³/mol. The van der Waals surface area contributed by atoms with Crippen LogP contribution < -0.4 is 5.73 Å². The number of thiophene rings is 1. The van der Waals surface area contributed by atoms with Gasteiger partial charge in [-0.05, 0) is 24.3 Å². The predicted octanol–water partition coefficient (Wildman–Crippen LogP) is 4.55. The lowest BCUT2D eigenvalue weighted by molar-refractivity contribution is 0.102. The van der Waals surface area contributed by atoms with Gasteiger partial charge in [0, 0.05) is 11.1 Å². The van der Waals surface area contributed by atoms with Crippen molar-refractivity contribution in [1.29, 1.82) is 5.26 Å². The summed E-state index contributed by atoms with van der Waals surface area (Å²) in [6.07, 6.45) is 0. The minimum atomic E-state index is -0.416. The van der Waals surface area contributed by atoms with Gasteiger partial charge in [-0.3, -0.25) is 9.59 Å². The molecule has 0 fully saturated rings. The lowest BCUT2D eigenvalue weighted by Gasteiger charge is -2.00. The molecule has 0 amide bonds. The monoisotopic (exact) mass is 396 g/mol. The number of anilines is 1. The molecular formula is C20H13FN2O2S2. The number of nitriles is 1. The van der Waals surface area contributed by atoms with Gasteiger partial charge in [-0.2, -0.15) is 5.26 Å². The van der Waals surface area contributed by atoms with Crippen molar-refractivity contribution in [3.05, 3.63) is 82.0 Å². The van der Waals surface area contributed by atoms with Crippen LogP contribution in [0.3, 0.4) is 0 Å². The first-order valence-electron chi connectivity index (χ1n) is 7.85. The fourth-order valence-electron chi connectivity index (χ4n) is 2.37. The fraction of sp³-hybridized carbons (Fsp3) is 0.0500. The molecule has 3 aromatic rings. The zero-order chi connectivity index (χ0) is 19.4.